The summed E-state index contributed by atoms with van der Waals surface area (Å²) in [5.74, 6) is 0.0780. The number of carbonyl (C=O) groups is 1. The zero-order valence-electron chi connectivity index (χ0n) is 16.6. The molecular weight excluding hydrogens is 394 g/mol. The van der Waals surface area contributed by atoms with Crippen molar-refractivity contribution in [1.29, 1.82) is 0 Å². The fourth-order valence-electron chi connectivity index (χ4n) is 3.40. The second kappa shape index (κ2) is 7.39. The number of furan rings is 1. The van der Waals surface area contributed by atoms with Crippen LogP contribution in [0.25, 0.3) is 21.2 Å². The second-order valence-corrected chi connectivity index (χ2v) is 8.31. The van der Waals surface area contributed by atoms with E-state index in [0.29, 0.717) is 23.0 Å². The summed E-state index contributed by atoms with van der Waals surface area (Å²) in [7, 11) is 0. The number of nitrogens with zero attached hydrogens (tertiary/aromatic N) is 3. The van der Waals surface area contributed by atoms with Crippen LogP contribution in [0.3, 0.4) is 0 Å². The number of hydrogen-bond donors (Lipinski definition) is 0. The summed E-state index contributed by atoms with van der Waals surface area (Å²) in [5, 5.41) is 1.54. The van der Waals surface area contributed by atoms with E-state index in [1.807, 2.05) is 36.4 Å². The van der Waals surface area contributed by atoms with Crippen LogP contribution in [0.4, 0.5) is 5.13 Å². The molecule has 0 saturated heterocycles. The van der Waals surface area contributed by atoms with E-state index in [9.17, 15) is 4.79 Å². The van der Waals surface area contributed by atoms with Crippen LogP contribution in [0.1, 0.15) is 27.2 Å². The highest BCUT2D eigenvalue weighted by atomic mass is 32.1. The maximum absolute atomic E-state index is 13.5. The summed E-state index contributed by atoms with van der Waals surface area (Å²) >= 11 is 1.51. The number of thiazole rings is 1. The van der Waals surface area contributed by atoms with E-state index in [0.717, 1.165) is 21.2 Å². The third-order valence-electron chi connectivity index (χ3n) is 5.17. The van der Waals surface area contributed by atoms with Crippen molar-refractivity contribution in [2.45, 2.75) is 20.4 Å². The number of fused-ring (bicyclic) bond motifs is 2. The first kappa shape index (κ1) is 18.5. The lowest BCUT2D eigenvalue weighted by Crippen LogP contribution is -2.30. The fraction of sp³-hybridized carbons (Fsp3) is 0.125. The van der Waals surface area contributed by atoms with Gasteiger partial charge in [-0.3, -0.25) is 14.7 Å². The molecule has 0 aliphatic rings. The molecule has 148 valence electrons. The number of aryl methyl sites for hydroxylation is 2. The molecule has 0 fully saturated rings. The van der Waals surface area contributed by atoms with Crippen LogP contribution in [0, 0.1) is 13.8 Å². The van der Waals surface area contributed by atoms with Crippen molar-refractivity contribution in [3.05, 3.63) is 89.4 Å². The molecule has 30 heavy (non-hydrogen) atoms. The number of amides is 1. The Balaban J connectivity index is 1.60. The molecule has 0 aliphatic heterocycles. The highest BCUT2D eigenvalue weighted by Crippen LogP contribution is 2.33. The van der Waals surface area contributed by atoms with Gasteiger partial charge in [0.05, 0.1) is 16.8 Å². The molecule has 0 saturated carbocycles. The lowest BCUT2D eigenvalue weighted by Gasteiger charge is -2.18. The van der Waals surface area contributed by atoms with Gasteiger partial charge in [0.2, 0.25) is 0 Å². The van der Waals surface area contributed by atoms with Gasteiger partial charge in [0.15, 0.2) is 10.9 Å². The average molecular weight is 414 g/mol. The minimum Gasteiger partial charge on any atom is -0.451 e. The molecule has 0 radical (unpaired) electrons. The van der Waals surface area contributed by atoms with E-state index in [-0.39, 0.29) is 5.91 Å². The predicted octanol–water partition coefficient (Wildman–Crippen LogP) is 5.90. The van der Waals surface area contributed by atoms with Gasteiger partial charge in [0.1, 0.15) is 5.58 Å². The van der Waals surface area contributed by atoms with Crippen LogP contribution in [0.15, 0.2) is 71.4 Å². The molecular formula is C24H19N3O2S. The lowest BCUT2D eigenvalue weighted by atomic mass is 10.1. The molecule has 0 spiro atoms. The van der Waals surface area contributed by atoms with Crippen LogP contribution in [0.5, 0.6) is 0 Å². The SMILES string of the molecule is Cc1cc2nc(N(Cc3cccnc3)C(=O)c3cc4ccccc4o3)sc2cc1C. The van der Waals surface area contributed by atoms with E-state index < -0.39 is 0 Å². The lowest BCUT2D eigenvalue weighted by molar-refractivity contribution is 0.0960. The summed E-state index contributed by atoms with van der Waals surface area (Å²) in [6.45, 7) is 4.52. The molecule has 3 aromatic heterocycles. The first-order valence-corrected chi connectivity index (χ1v) is 10.5. The smallest absolute Gasteiger partial charge is 0.296 e. The Morgan fingerprint density at radius 1 is 1.07 bits per heavy atom. The van der Waals surface area contributed by atoms with Crippen molar-refractivity contribution in [3.8, 4) is 0 Å². The van der Waals surface area contributed by atoms with Gasteiger partial charge in [0, 0.05) is 17.8 Å². The van der Waals surface area contributed by atoms with Crippen molar-refractivity contribution in [2.75, 3.05) is 4.90 Å². The van der Waals surface area contributed by atoms with Gasteiger partial charge in [-0.15, -0.1) is 0 Å². The van der Waals surface area contributed by atoms with Crippen molar-refractivity contribution in [1.82, 2.24) is 9.97 Å². The first-order chi connectivity index (χ1) is 14.6. The molecule has 0 bridgehead atoms. The normalized spacial score (nSPS) is 11.3. The molecule has 2 aromatic carbocycles. The molecule has 5 rings (SSSR count). The second-order valence-electron chi connectivity index (χ2n) is 7.30. The average Bonchev–Trinajstić information content (AvgIpc) is 3.36. The highest BCUT2D eigenvalue weighted by molar-refractivity contribution is 7.22. The number of para-hydroxylation sites is 1. The monoisotopic (exact) mass is 413 g/mol. The number of anilines is 1. The number of benzene rings is 2. The van der Waals surface area contributed by atoms with Gasteiger partial charge in [-0.1, -0.05) is 35.6 Å². The van der Waals surface area contributed by atoms with Crippen LogP contribution in [-0.4, -0.2) is 15.9 Å². The molecule has 5 aromatic rings. The number of carbonyl (C=O) groups excluding carboxylic acids is 1. The van der Waals surface area contributed by atoms with Crippen molar-refractivity contribution < 1.29 is 9.21 Å². The largest absolute Gasteiger partial charge is 0.451 e. The highest BCUT2D eigenvalue weighted by Gasteiger charge is 2.25. The van der Waals surface area contributed by atoms with Gasteiger partial charge in [-0.05, 0) is 60.9 Å². The molecule has 0 aliphatic carbocycles. The number of hydrogen-bond acceptors (Lipinski definition) is 5. The molecule has 6 heteroatoms. The van der Waals surface area contributed by atoms with Crippen molar-refractivity contribution >= 4 is 43.6 Å². The summed E-state index contributed by atoms with van der Waals surface area (Å²) in [6.07, 6.45) is 3.48. The van der Waals surface area contributed by atoms with Crippen molar-refractivity contribution in [3.63, 3.8) is 0 Å². The number of rotatable bonds is 4. The summed E-state index contributed by atoms with van der Waals surface area (Å²) in [4.78, 5) is 24.1. The van der Waals surface area contributed by atoms with Gasteiger partial charge >= 0.3 is 0 Å². The molecule has 0 N–H and O–H groups in total. The van der Waals surface area contributed by atoms with Crippen LogP contribution in [0.2, 0.25) is 0 Å². The summed E-state index contributed by atoms with van der Waals surface area (Å²) in [6, 6.07) is 17.4. The Labute approximate surface area is 177 Å². The van der Waals surface area contributed by atoms with E-state index >= 15 is 0 Å². The quantitative estimate of drug-likeness (QED) is 0.368. The number of aromatic nitrogens is 2. The van der Waals surface area contributed by atoms with Gasteiger partial charge in [-0.25, -0.2) is 4.98 Å². The molecule has 0 unspecified atom stereocenters. The minimum atomic E-state index is -0.220. The van der Waals surface area contributed by atoms with E-state index in [2.05, 4.69) is 31.0 Å². The fourth-order valence-corrected chi connectivity index (χ4v) is 4.45. The van der Waals surface area contributed by atoms with Crippen LogP contribution < -0.4 is 4.90 Å². The Morgan fingerprint density at radius 2 is 1.90 bits per heavy atom. The first-order valence-electron chi connectivity index (χ1n) is 9.65. The summed E-state index contributed by atoms with van der Waals surface area (Å²) in [5.41, 5.74) is 4.90. The standard InChI is InChI=1S/C24H19N3O2S/c1-15-10-19-22(11-16(15)2)30-24(26-19)27(14-17-6-5-9-25-13-17)23(28)21-12-18-7-3-4-8-20(18)29-21/h3-13H,14H2,1-2H3. The van der Waals surface area contributed by atoms with E-state index in [4.69, 9.17) is 9.40 Å². The van der Waals surface area contributed by atoms with E-state index in [1.54, 1.807) is 23.4 Å². The zero-order valence-corrected chi connectivity index (χ0v) is 17.4. The maximum atomic E-state index is 13.5. The predicted molar refractivity (Wildman–Crippen MR) is 120 cm³/mol. The topological polar surface area (TPSA) is 59.2 Å². The Kier molecular flexibility index (Phi) is 4.56. The minimum absolute atomic E-state index is 0.220. The van der Waals surface area contributed by atoms with Gasteiger partial charge in [-0.2, -0.15) is 0 Å². The molecule has 5 nitrogen and oxygen atoms in total. The van der Waals surface area contributed by atoms with Gasteiger partial charge < -0.3 is 4.42 Å². The van der Waals surface area contributed by atoms with Crippen LogP contribution in [-0.2, 0) is 6.54 Å². The maximum Gasteiger partial charge on any atom is 0.296 e. The molecule has 3 heterocycles. The Hall–Kier alpha value is -3.51. The molecule has 1 amide bonds. The third kappa shape index (κ3) is 3.35. The number of pyridine rings is 1. The summed E-state index contributed by atoms with van der Waals surface area (Å²) < 4.78 is 6.91. The molecule has 0 atom stereocenters. The zero-order chi connectivity index (χ0) is 20.7. The Bertz CT molecular complexity index is 1300. The Morgan fingerprint density at radius 3 is 2.70 bits per heavy atom. The van der Waals surface area contributed by atoms with E-state index in [1.165, 1.54) is 22.5 Å². The van der Waals surface area contributed by atoms with Crippen LogP contribution >= 0.6 is 11.3 Å². The third-order valence-corrected chi connectivity index (χ3v) is 6.21. The van der Waals surface area contributed by atoms with Gasteiger partial charge in [0.25, 0.3) is 5.91 Å². The van der Waals surface area contributed by atoms with Crippen molar-refractivity contribution in [2.24, 2.45) is 0 Å².